The molecule has 0 saturated heterocycles. The smallest absolute Gasteiger partial charge is 0.0226 e. The molecule has 66 valence electrons. The van der Waals surface area contributed by atoms with Gasteiger partial charge in [-0.05, 0) is 53.1 Å². The molecule has 3 heteroatoms. The summed E-state index contributed by atoms with van der Waals surface area (Å²) < 4.78 is 2.51. The second-order valence-corrected chi connectivity index (χ2v) is 4.89. The van der Waals surface area contributed by atoms with Gasteiger partial charge < -0.3 is 0 Å². The number of alkyl halides is 1. The third-order valence-corrected chi connectivity index (χ3v) is 3.64. The van der Waals surface area contributed by atoms with E-state index in [2.05, 4.69) is 56.7 Å². The molecule has 0 saturated carbocycles. The molecule has 0 aromatic heterocycles. The largest absolute Gasteiger partial charge is 0.127 e. The van der Waals surface area contributed by atoms with Crippen LogP contribution in [0.4, 0.5) is 0 Å². The number of hydrogen-bond donors (Lipinski definition) is 0. The van der Waals surface area contributed by atoms with E-state index in [4.69, 9.17) is 11.6 Å². The van der Waals surface area contributed by atoms with Gasteiger partial charge in [-0.15, -0.1) is 11.6 Å². The highest BCUT2D eigenvalue weighted by molar-refractivity contribution is 14.1. The SMILES string of the molecule is ClCCCc1c(Br)cccc1I. The standard InChI is InChI=1S/C9H9BrClI/c10-8-4-1-5-9(12)7(8)3-2-6-11/h1,4-5H,2-3,6H2. The van der Waals surface area contributed by atoms with Crippen LogP contribution < -0.4 is 0 Å². The molecule has 0 fully saturated rings. The Balaban J connectivity index is 2.81. The summed E-state index contributed by atoms with van der Waals surface area (Å²) in [6, 6.07) is 6.25. The summed E-state index contributed by atoms with van der Waals surface area (Å²) in [4.78, 5) is 0. The molecule has 0 atom stereocenters. The maximum atomic E-state index is 5.64. The second kappa shape index (κ2) is 5.45. The van der Waals surface area contributed by atoms with Crippen LogP contribution >= 0.6 is 50.1 Å². The molecule has 0 amide bonds. The predicted octanol–water partition coefficient (Wildman–Crippen LogP) is 4.23. The van der Waals surface area contributed by atoms with Crippen LogP contribution in [-0.2, 0) is 6.42 Å². The number of rotatable bonds is 3. The van der Waals surface area contributed by atoms with E-state index in [-0.39, 0.29) is 0 Å². The molecular weight excluding hydrogens is 350 g/mol. The zero-order chi connectivity index (χ0) is 8.97. The maximum Gasteiger partial charge on any atom is 0.0226 e. The highest BCUT2D eigenvalue weighted by Gasteiger charge is 2.02. The van der Waals surface area contributed by atoms with Crippen molar-refractivity contribution >= 4 is 50.1 Å². The number of halogens is 3. The lowest BCUT2D eigenvalue weighted by Crippen LogP contribution is -1.91. The van der Waals surface area contributed by atoms with Crippen LogP contribution in [0.15, 0.2) is 22.7 Å². The Morgan fingerprint density at radius 2 is 2.17 bits per heavy atom. The molecule has 1 aromatic rings. The second-order valence-electron chi connectivity index (χ2n) is 2.49. The van der Waals surface area contributed by atoms with Gasteiger partial charge >= 0.3 is 0 Å². The lowest BCUT2D eigenvalue weighted by molar-refractivity contribution is 0.918. The van der Waals surface area contributed by atoms with Crippen molar-refractivity contribution in [3.05, 3.63) is 31.8 Å². The minimum atomic E-state index is 0.734. The lowest BCUT2D eigenvalue weighted by Gasteiger charge is -2.05. The summed E-state index contributed by atoms with van der Waals surface area (Å²) in [7, 11) is 0. The summed E-state index contributed by atoms with van der Waals surface area (Å²) in [5, 5.41) is 0. The van der Waals surface area contributed by atoms with Gasteiger partial charge in [0, 0.05) is 13.9 Å². The zero-order valence-electron chi connectivity index (χ0n) is 6.49. The molecule has 0 aliphatic rings. The molecule has 1 aromatic carbocycles. The quantitative estimate of drug-likeness (QED) is 0.560. The lowest BCUT2D eigenvalue weighted by atomic mass is 10.1. The Labute approximate surface area is 100.0 Å². The average Bonchev–Trinajstić information content (AvgIpc) is 2.04. The fraction of sp³-hybridized carbons (Fsp3) is 0.333. The van der Waals surface area contributed by atoms with Gasteiger partial charge in [0.2, 0.25) is 0 Å². The van der Waals surface area contributed by atoms with Gasteiger partial charge in [-0.1, -0.05) is 22.0 Å². The van der Waals surface area contributed by atoms with Gasteiger partial charge in [0.15, 0.2) is 0 Å². The summed E-state index contributed by atoms with van der Waals surface area (Å²) in [5.41, 5.74) is 1.37. The highest BCUT2D eigenvalue weighted by atomic mass is 127. The van der Waals surface area contributed by atoms with E-state index in [9.17, 15) is 0 Å². The van der Waals surface area contributed by atoms with Crippen molar-refractivity contribution in [3.8, 4) is 0 Å². The molecule has 12 heavy (non-hydrogen) atoms. The molecule has 0 spiro atoms. The van der Waals surface area contributed by atoms with Gasteiger partial charge in [0.1, 0.15) is 0 Å². The topological polar surface area (TPSA) is 0 Å². The molecule has 0 heterocycles. The number of benzene rings is 1. The van der Waals surface area contributed by atoms with E-state index in [1.807, 2.05) is 0 Å². The Morgan fingerprint density at radius 3 is 2.75 bits per heavy atom. The summed E-state index contributed by atoms with van der Waals surface area (Å²) in [6.45, 7) is 0. The molecule has 0 radical (unpaired) electrons. The zero-order valence-corrected chi connectivity index (χ0v) is 11.0. The van der Waals surface area contributed by atoms with Gasteiger partial charge in [-0.3, -0.25) is 0 Å². The predicted molar refractivity (Wildman–Crippen MR) is 65.9 cm³/mol. The minimum absolute atomic E-state index is 0.734. The van der Waals surface area contributed by atoms with Crippen molar-refractivity contribution < 1.29 is 0 Å². The van der Waals surface area contributed by atoms with Crippen LogP contribution in [0.25, 0.3) is 0 Å². The monoisotopic (exact) mass is 358 g/mol. The number of hydrogen-bond acceptors (Lipinski definition) is 0. The van der Waals surface area contributed by atoms with E-state index in [0.29, 0.717) is 0 Å². The molecule has 0 N–H and O–H groups in total. The van der Waals surface area contributed by atoms with Gasteiger partial charge in [0.05, 0.1) is 0 Å². The van der Waals surface area contributed by atoms with Crippen molar-refractivity contribution in [3.63, 3.8) is 0 Å². The van der Waals surface area contributed by atoms with Crippen molar-refractivity contribution in [1.29, 1.82) is 0 Å². The Hall–Kier alpha value is 0.720. The first kappa shape index (κ1) is 10.8. The van der Waals surface area contributed by atoms with Crippen molar-refractivity contribution in [2.45, 2.75) is 12.8 Å². The fourth-order valence-corrected chi connectivity index (χ4v) is 2.85. The van der Waals surface area contributed by atoms with Crippen LogP contribution in [0.3, 0.4) is 0 Å². The minimum Gasteiger partial charge on any atom is -0.127 e. The van der Waals surface area contributed by atoms with E-state index in [1.54, 1.807) is 0 Å². The van der Waals surface area contributed by atoms with Gasteiger partial charge in [-0.2, -0.15) is 0 Å². The third-order valence-electron chi connectivity index (χ3n) is 1.62. The highest BCUT2D eigenvalue weighted by Crippen LogP contribution is 2.23. The Morgan fingerprint density at radius 1 is 1.42 bits per heavy atom. The summed E-state index contributed by atoms with van der Waals surface area (Å²) in [6.07, 6.45) is 2.10. The van der Waals surface area contributed by atoms with E-state index >= 15 is 0 Å². The fourth-order valence-electron chi connectivity index (χ4n) is 1.01. The van der Waals surface area contributed by atoms with Crippen molar-refractivity contribution in [2.75, 3.05) is 5.88 Å². The first-order chi connectivity index (χ1) is 5.75. The maximum absolute atomic E-state index is 5.64. The molecule has 0 nitrogen and oxygen atoms in total. The van der Waals surface area contributed by atoms with Gasteiger partial charge in [0.25, 0.3) is 0 Å². The van der Waals surface area contributed by atoms with E-state index in [1.165, 1.54) is 13.6 Å². The molecular formula is C9H9BrClI. The van der Waals surface area contributed by atoms with Crippen molar-refractivity contribution in [1.82, 2.24) is 0 Å². The van der Waals surface area contributed by atoms with Crippen LogP contribution in [0.2, 0.25) is 0 Å². The Kier molecular flexibility index (Phi) is 4.90. The van der Waals surface area contributed by atoms with E-state index < -0.39 is 0 Å². The molecule has 0 aliphatic carbocycles. The average molecular weight is 359 g/mol. The van der Waals surface area contributed by atoms with Crippen LogP contribution in [0.5, 0.6) is 0 Å². The van der Waals surface area contributed by atoms with Gasteiger partial charge in [-0.25, -0.2) is 0 Å². The molecule has 0 aliphatic heterocycles. The first-order valence-electron chi connectivity index (χ1n) is 3.74. The normalized spacial score (nSPS) is 10.2. The molecule has 0 unspecified atom stereocenters. The molecule has 1 rings (SSSR count). The third kappa shape index (κ3) is 2.89. The van der Waals surface area contributed by atoms with Crippen LogP contribution in [0.1, 0.15) is 12.0 Å². The molecule has 0 bridgehead atoms. The Bertz CT molecular complexity index is 242. The van der Waals surface area contributed by atoms with Crippen molar-refractivity contribution in [2.24, 2.45) is 0 Å². The van der Waals surface area contributed by atoms with E-state index in [0.717, 1.165) is 18.7 Å². The first-order valence-corrected chi connectivity index (χ1v) is 6.15. The summed E-state index contributed by atoms with van der Waals surface area (Å²) in [5.74, 6) is 0.734. The van der Waals surface area contributed by atoms with Crippen LogP contribution in [-0.4, -0.2) is 5.88 Å². The summed E-state index contributed by atoms with van der Waals surface area (Å²) >= 11 is 11.5. The van der Waals surface area contributed by atoms with Crippen LogP contribution in [0, 0.1) is 3.57 Å².